The first-order valence-corrected chi connectivity index (χ1v) is 4.72. The lowest BCUT2D eigenvalue weighted by Crippen LogP contribution is -2.17. The normalized spacial score (nSPS) is 10.5. The Kier molecular flexibility index (Phi) is 4.00. The fraction of sp³-hybridized carbons (Fsp3) is 0.300. The molecule has 0 amide bonds. The standard InChI is InChI=1S/C10H13NO2S/c11-10(14)9-4-2-1-3-8(9)7(5-12)6-13/h1-4,7,12-13H,5-6H2,(H2,11,14). The van der Waals surface area contributed by atoms with Crippen molar-refractivity contribution < 1.29 is 10.2 Å². The average Bonchev–Trinajstić information content (AvgIpc) is 2.20. The van der Waals surface area contributed by atoms with Crippen LogP contribution in [0.15, 0.2) is 24.3 Å². The van der Waals surface area contributed by atoms with Gasteiger partial charge in [-0.05, 0) is 5.56 Å². The maximum atomic E-state index is 9.04. The van der Waals surface area contributed by atoms with E-state index in [0.29, 0.717) is 0 Å². The summed E-state index contributed by atoms with van der Waals surface area (Å²) < 4.78 is 0. The van der Waals surface area contributed by atoms with Gasteiger partial charge in [0.2, 0.25) is 0 Å². The van der Waals surface area contributed by atoms with E-state index in [4.69, 9.17) is 28.2 Å². The molecule has 0 aliphatic carbocycles. The molecular formula is C10H13NO2S. The van der Waals surface area contributed by atoms with E-state index in [2.05, 4.69) is 0 Å². The Labute approximate surface area is 88.2 Å². The van der Waals surface area contributed by atoms with Crippen molar-refractivity contribution in [3.05, 3.63) is 35.4 Å². The molecule has 0 unspecified atom stereocenters. The topological polar surface area (TPSA) is 66.5 Å². The molecule has 1 aromatic carbocycles. The molecule has 1 rings (SSSR count). The minimum atomic E-state index is -0.312. The molecule has 0 aromatic heterocycles. The van der Waals surface area contributed by atoms with Gasteiger partial charge in [-0.2, -0.15) is 0 Å². The Hall–Kier alpha value is -0.970. The van der Waals surface area contributed by atoms with Crippen LogP contribution in [0.25, 0.3) is 0 Å². The van der Waals surface area contributed by atoms with Crippen molar-refractivity contribution in [2.24, 2.45) is 5.73 Å². The highest BCUT2D eigenvalue weighted by Gasteiger charge is 2.13. The van der Waals surface area contributed by atoms with Crippen LogP contribution in [-0.2, 0) is 0 Å². The number of aliphatic hydroxyl groups excluding tert-OH is 2. The van der Waals surface area contributed by atoms with E-state index in [1.807, 2.05) is 18.2 Å². The van der Waals surface area contributed by atoms with Gasteiger partial charge in [0.05, 0.1) is 13.2 Å². The second-order valence-electron chi connectivity index (χ2n) is 3.01. The zero-order valence-corrected chi connectivity index (χ0v) is 8.50. The van der Waals surface area contributed by atoms with Crippen molar-refractivity contribution in [2.45, 2.75) is 5.92 Å². The lowest BCUT2D eigenvalue weighted by Gasteiger charge is -2.15. The van der Waals surface area contributed by atoms with Crippen LogP contribution in [0.2, 0.25) is 0 Å². The van der Waals surface area contributed by atoms with Gasteiger partial charge in [0.1, 0.15) is 4.99 Å². The summed E-state index contributed by atoms with van der Waals surface area (Å²) >= 11 is 4.88. The van der Waals surface area contributed by atoms with Crippen LogP contribution in [0.5, 0.6) is 0 Å². The monoisotopic (exact) mass is 211 g/mol. The minimum absolute atomic E-state index is 0.115. The molecule has 4 N–H and O–H groups in total. The van der Waals surface area contributed by atoms with Crippen molar-refractivity contribution >= 4 is 17.2 Å². The summed E-state index contributed by atoms with van der Waals surface area (Å²) in [6.07, 6.45) is 0. The number of thiocarbonyl (C=S) groups is 1. The Balaban J connectivity index is 3.11. The highest BCUT2D eigenvalue weighted by molar-refractivity contribution is 7.80. The Morgan fingerprint density at radius 1 is 1.29 bits per heavy atom. The molecule has 0 saturated heterocycles. The van der Waals surface area contributed by atoms with Gasteiger partial charge in [0, 0.05) is 11.5 Å². The lowest BCUT2D eigenvalue weighted by atomic mass is 9.95. The molecule has 0 spiro atoms. The largest absolute Gasteiger partial charge is 0.396 e. The van der Waals surface area contributed by atoms with Crippen molar-refractivity contribution in [1.29, 1.82) is 0 Å². The summed E-state index contributed by atoms with van der Waals surface area (Å²) in [5.41, 5.74) is 7.04. The summed E-state index contributed by atoms with van der Waals surface area (Å²) in [5, 5.41) is 18.1. The number of aliphatic hydroxyl groups is 2. The molecule has 0 bridgehead atoms. The van der Waals surface area contributed by atoms with E-state index in [9.17, 15) is 0 Å². The molecule has 0 aliphatic rings. The lowest BCUT2D eigenvalue weighted by molar-refractivity contribution is 0.192. The van der Waals surface area contributed by atoms with E-state index >= 15 is 0 Å². The summed E-state index contributed by atoms with van der Waals surface area (Å²) in [5.74, 6) is -0.312. The molecule has 0 heterocycles. The van der Waals surface area contributed by atoms with E-state index in [1.165, 1.54) is 0 Å². The van der Waals surface area contributed by atoms with Crippen LogP contribution in [0.4, 0.5) is 0 Å². The number of rotatable bonds is 4. The fourth-order valence-electron chi connectivity index (χ4n) is 1.33. The molecule has 4 heteroatoms. The van der Waals surface area contributed by atoms with Crippen LogP contribution in [-0.4, -0.2) is 28.4 Å². The first kappa shape index (κ1) is 11.1. The summed E-state index contributed by atoms with van der Waals surface area (Å²) in [6.45, 7) is -0.230. The first-order chi connectivity index (χ1) is 6.70. The van der Waals surface area contributed by atoms with Gasteiger partial charge in [0.25, 0.3) is 0 Å². The van der Waals surface area contributed by atoms with Crippen LogP contribution in [0.3, 0.4) is 0 Å². The Morgan fingerprint density at radius 2 is 1.86 bits per heavy atom. The van der Waals surface area contributed by atoms with Crippen molar-refractivity contribution in [3.63, 3.8) is 0 Å². The third kappa shape index (κ3) is 2.29. The number of nitrogens with two attached hydrogens (primary N) is 1. The predicted molar refractivity (Wildman–Crippen MR) is 59.2 cm³/mol. The molecule has 0 aliphatic heterocycles. The van der Waals surface area contributed by atoms with Crippen LogP contribution < -0.4 is 5.73 Å². The van der Waals surface area contributed by atoms with Gasteiger partial charge >= 0.3 is 0 Å². The van der Waals surface area contributed by atoms with Gasteiger partial charge in [-0.1, -0.05) is 36.5 Å². The van der Waals surface area contributed by atoms with E-state index in [1.54, 1.807) is 6.07 Å². The van der Waals surface area contributed by atoms with Gasteiger partial charge < -0.3 is 15.9 Å². The second-order valence-corrected chi connectivity index (χ2v) is 3.45. The third-order valence-corrected chi connectivity index (χ3v) is 2.33. The minimum Gasteiger partial charge on any atom is -0.396 e. The van der Waals surface area contributed by atoms with Gasteiger partial charge in [0.15, 0.2) is 0 Å². The molecule has 0 atom stereocenters. The van der Waals surface area contributed by atoms with E-state index < -0.39 is 0 Å². The fourth-order valence-corrected chi connectivity index (χ4v) is 1.52. The van der Waals surface area contributed by atoms with Crippen molar-refractivity contribution in [2.75, 3.05) is 13.2 Å². The Bertz CT molecular complexity index is 324. The predicted octanol–water partition coefficient (Wildman–Crippen LogP) is 0.389. The number of hydrogen-bond acceptors (Lipinski definition) is 3. The molecule has 14 heavy (non-hydrogen) atoms. The summed E-state index contributed by atoms with van der Waals surface area (Å²) in [4.78, 5) is 0.285. The Morgan fingerprint density at radius 3 is 2.36 bits per heavy atom. The third-order valence-electron chi connectivity index (χ3n) is 2.11. The molecule has 76 valence electrons. The highest BCUT2D eigenvalue weighted by atomic mass is 32.1. The van der Waals surface area contributed by atoms with Gasteiger partial charge in [-0.15, -0.1) is 0 Å². The van der Waals surface area contributed by atoms with Crippen LogP contribution in [0.1, 0.15) is 17.0 Å². The SMILES string of the molecule is NC(=S)c1ccccc1C(CO)CO. The first-order valence-electron chi connectivity index (χ1n) is 4.31. The molecule has 3 nitrogen and oxygen atoms in total. The van der Waals surface area contributed by atoms with Crippen LogP contribution >= 0.6 is 12.2 Å². The molecule has 0 fully saturated rings. The number of hydrogen-bond donors (Lipinski definition) is 3. The van der Waals surface area contributed by atoms with Crippen molar-refractivity contribution in [1.82, 2.24) is 0 Å². The zero-order chi connectivity index (χ0) is 10.6. The smallest absolute Gasteiger partial charge is 0.104 e. The summed E-state index contributed by atoms with van der Waals surface area (Å²) in [7, 11) is 0. The van der Waals surface area contributed by atoms with Crippen LogP contribution in [0, 0.1) is 0 Å². The van der Waals surface area contributed by atoms with Gasteiger partial charge in [-0.25, -0.2) is 0 Å². The second kappa shape index (κ2) is 5.05. The van der Waals surface area contributed by atoms with Gasteiger partial charge in [-0.3, -0.25) is 0 Å². The maximum Gasteiger partial charge on any atom is 0.104 e. The van der Waals surface area contributed by atoms with E-state index in [-0.39, 0.29) is 24.1 Å². The quantitative estimate of drug-likeness (QED) is 0.630. The maximum absolute atomic E-state index is 9.04. The van der Waals surface area contributed by atoms with Crippen molar-refractivity contribution in [3.8, 4) is 0 Å². The number of benzene rings is 1. The summed E-state index contributed by atoms with van der Waals surface area (Å²) in [6, 6.07) is 7.25. The molecule has 0 saturated carbocycles. The molecule has 1 aromatic rings. The molecule has 0 radical (unpaired) electrons. The van der Waals surface area contributed by atoms with E-state index in [0.717, 1.165) is 11.1 Å². The highest BCUT2D eigenvalue weighted by Crippen LogP contribution is 2.19. The zero-order valence-electron chi connectivity index (χ0n) is 7.68. The average molecular weight is 211 g/mol. The molecular weight excluding hydrogens is 198 g/mol.